The third-order valence-electron chi connectivity index (χ3n) is 6.31. The number of rotatable bonds is 11. The number of anilines is 2. The Kier molecular flexibility index (Phi) is 8.94. The number of benzene rings is 2. The van der Waals surface area contributed by atoms with Crippen LogP contribution < -0.4 is 19.7 Å². The number of carbonyl (C=O) groups is 3. The first kappa shape index (κ1) is 26.8. The number of nitrogens with zero attached hydrogens (tertiary/aromatic N) is 2. The van der Waals surface area contributed by atoms with Crippen molar-refractivity contribution in [3.63, 3.8) is 0 Å². The number of ether oxygens (including phenoxy) is 3. The number of imide groups is 1. The zero-order valence-corrected chi connectivity index (χ0v) is 22.3. The predicted molar refractivity (Wildman–Crippen MR) is 144 cm³/mol. The van der Waals surface area contributed by atoms with Crippen molar-refractivity contribution >= 4 is 40.9 Å². The fourth-order valence-corrected chi connectivity index (χ4v) is 5.02. The Balaban J connectivity index is 1.66. The van der Waals surface area contributed by atoms with Crippen LogP contribution in [0.5, 0.6) is 11.5 Å². The lowest BCUT2D eigenvalue weighted by Gasteiger charge is -2.31. The summed E-state index contributed by atoms with van der Waals surface area (Å²) < 4.78 is 17.3. The Morgan fingerprint density at radius 1 is 1.03 bits per heavy atom. The van der Waals surface area contributed by atoms with Crippen LogP contribution in [0.25, 0.3) is 0 Å². The Bertz CT molecular complexity index is 1120. The van der Waals surface area contributed by atoms with E-state index in [1.807, 2.05) is 26.2 Å². The summed E-state index contributed by atoms with van der Waals surface area (Å²) in [6.07, 6.45) is 2.25. The molecule has 2 heterocycles. The monoisotopic (exact) mass is 527 g/mol. The van der Waals surface area contributed by atoms with Gasteiger partial charge in [-0.15, -0.1) is 0 Å². The minimum Gasteiger partial charge on any atom is -0.492 e. The summed E-state index contributed by atoms with van der Waals surface area (Å²) in [6, 6.07) is 9.31. The summed E-state index contributed by atoms with van der Waals surface area (Å²) in [5, 5.41) is 2.94. The molecule has 2 aromatic rings. The van der Waals surface area contributed by atoms with E-state index in [4.69, 9.17) is 14.2 Å². The van der Waals surface area contributed by atoms with Crippen LogP contribution in [-0.4, -0.2) is 80.2 Å². The van der Waals surface area contributed by atoms with Crippen LogP contribution in [0.2, 0.25) is 0 Å². The highest BCUT2D eigenvalue weighted by molar-refractivity contribution is 7.98. The number of amides is 3. The molecule has 3 amide bonds. The van der Waals surface area contributed by atoms with Crippen molar-refractivity contribution in [2.24, 2.45) is 0 Å². The van der Waals surface area contributed by atoms with Gasteiger partial charge in [0.05, 0.1) is 48.9 Å². The molecule has 0 saturated carbocycles. The normalized spacial score (nSPS) is 16.0. The molecule has 1 N–H and O–H groups in total. The molecule has 0 spiro atoms. The lowest BCUT2D eigenvalue weighted by molar-refractivity contribution is -0.120. The first-order chi connectivity index (χ1) is 18.0. The number of morpholine rings is 1. The van der Waals surface area contributed by atoms with Crippen LogP contribution in [0.15, 0.2) is 36.4 Å². The highest BCUT2D eigenvalue weighted by atomic mass is 32.2. The number of hydrogen-bond acceptors (Lipinski definition) is 8. The molecule has 9 nitrogen and oxygen atoms in total. The maximum absolute atomic E-state index is 13.7. The van der Waals surface area contributed by atoms with Crippen molar-refractivity contribution in [3.8, 4) is 11.5 Å². The molecule has 2 aliphatic rings. The van der Waals surface area contributed by atoms with E-state index >= 15 is 0 Å². The molecule has 2 aromatic carbocycles. The number of thioether (sulfide) groups is 1. The molecular weight excluding hydrogens is 494 g/mol. The molecule has 37 heavy (non-hydrogen) atoms. The van der Waals surface area contributed by atoms with Crippen molar-refractivity contribution in [1.82, 2.24) is 4.90 Å². The summed E-state index contributed by atoms with van der Waals surface area (Å²) in [7, 11) is 0. The van der Waals surface area contributed by atoms with Gasteiger partial charge < -0.3 is 24.4 Å². The van der Waals surface area contributed by atoms with Crippen LogP contribution in [0, 0.1) is 0 Å². The second-order valence-electron chi connectivity index (χ2n) is 8.59. The second-order valence-corrected chi connectivity index (χ2v) is 9.58. The minimum atomic E-state index is -0.969. The molecule has 1 saturated heterocycles. The van der Waals surface area contributed by atoms with Crippen molar-refractivity contribution in [2.45, 2.75) is 26.3 Å². The van der Waals surface area contributed by atoms with E-state index in [-0.39, 0.29) is 0 Å². The van der Waals surface area contributed by atoms with Gasteiger partial charge >= 0.3 is 0 Å². The van der Waals surface area contributed by atoms with Gasteiger partial charge in [0.15, 0.2) is 0 Å². The summed E-state index contributed by atoms with van der Waals surface area (Å²) in [6.45, 7) is 7.28. The topological polar surface area (TPSA) is 97.4 Å². The van der Waals surface area contributed by atoms with Crippen LogP contribution in [0.4, 0.5) is 11.4 Å². The van der Waals surface area contributed by atoms with Crippen molar-refractivity contribution < 1.29 is 28.6 Å². The molecule has 0 aliphatic carbocycles. The Morgan fingerprint density at radius 3 is 2.24 bits per heavy atom. The van der Waals surface area contributed by atoms with Gasteiger partial charge in [-0.3, -0.25) is 19.3 Å². The first-order valence-electron chi connectivity index (χ1n) is 12.5. The summed E-state index contributed by atoms with van der Waals surface area (Å²) >= 11 is 1.55. The Hall–Kier alpha value is -3.24. The number of nitrogens with one attached hydrogen (secondary N) is 1. The van der Waals surface area contributed by atoms with Gasteiger partial charge in [-0.25, -0.2) is 0 Å². The highest BCUT2D eigenvalue weighted by Crippen LogP contribution is 2.40. The lowest BCUT2D eigenvalue weighted by atomic mass is 10.1. The number of carbonyl (C=O) groups excluding carboxylic acids is 3. The lowest BCUT2D eigenvalue weighted by Crippen LogP contribution is -2.47. The van der Waals surface area contributed by atoms with Crippen molar-refractivity contribution in [3.05, 3.63) is 47.5 Å². The standard InChI is InChI=1S/C27H33N3O6S/c1-4-35-23-17-22(29-11-13-34-14-12-29)24(36-5-2)16-20(23)28-25(31)21(10-15-37-3)30-26(32)18-8-6-7-9-19(18)27(30)33/h6-9,16-17,21H,4-5,10-15H2,1-3H3,(H,28,31)/t21-/m1/s1. The van der Waals surface area contributed by atoms with Gasteiger partial charge in [-0.1, -0.05) is 12.1 Å². The number of fused-ring (bicyclic) bond motifs is 1. The van der Waals surface area contributed by atoms with Crippen molar-refractivity contribution in [1.29, 1.82) is 0 Å². The number of hydrogen-bond donors (Lipinski definition) is 1. The molecule has 198 valence electrons. The fraction of sp³-hybridized carbons (Fsp3) is 0.444. The molecule has 0 unspecified atom stereocenters. The molecule has 1 fully saturated rings. The SMILES string of the molecule is CCOc1cc(N2CCOCC2)c(OCC)cc1NC(=O)[C@@H](CCSC)N1C(=O)c2ccccc2C1=O. The van der Waals surface area contributed by atoms with E-state index in [0.29, 0.717) is 80.0 Å². The molecular formula is C27H33N3O6S. The molecule has 2 aliphatic heterocycles. The molecule has 0 bridgehead atoms. The van der Waals surface area contributed by atoms with E-state index < -0.39 is 23.8 Å². The van der Waals surface area contributed by atoms with Crippen molar-refractivity contribution in [2.75, 3.05) is 61.7 Å². The molecule has 0 radical (unpaired) electrons. The Labute approximate surface area is 221 Å². The molecule has 10 heteroatoms. The van der Waals surface area contributed by atoms with E-state index in [1.165, 1.54) is 0 Å². The van der Waals surface area contributed by atoms with Gasteiger partial charge in [0, 0.05) is 25.2 Å². The maximum Gasteiger partial charge on any atom is 0.262 e. The average molecular weight is 528 g/mol. The second kappa shape index (κ2) is 12.3. The Morgan fingerprint density at radius 2 is 1.65 bits per heavy atom. The smallest absolute Gasteiger partial charge is 0.262 e. The first-order valence-corrected chi connectivity index (χ1v) is 13.9. The third kappa shape index (κ3) is 5.70. The van der Waals surface area contributed by atoms with Gasteiger partial charge in [0.2, 0.25) is 5.91 Å². The van der Waals surface area contributed by atoms with Gasteiger partial charge in [0.1, 0.15) is 17.5 Å². The van der Waals surface area contributed by atoms with Gasteiger partial charge in [-0.05, 0) is 44.4 Å². The van der Waals surface area contributed by atoms with Crippen LogP contribution in [0.3, 0.4) is 0 Å². The zero-order chi connectivity index (χ0) is 26.4. The van der Waals surface area contributed by atoms with E-state index in [1.54, 1.807) is 42.1 Å². The molecule has 4 rings (SSSR count). The van der Waals surface area contributed by atoms with Gasteiger partial charge in [-0.2, -0.15) is 11.8 Å². The summed E-state index contributed by atoms with van der Waals surface area (Å²) in [5.41, 5.74) is 1.93. The van der Waals surface area contributed by atoms with E-state index in [9.17, 15) is 14.4 Å². The largest absolute Gasteiger partial charge is 0.492 e. The fourth-order valence-electron chi connectivity index (χ4n) is 4.56. The van der Waals surface area contributed by atoms with Crippen LogP contribution in [0.1, 0.15) is 41.0 Å². The third-order valence-corrected chi connectivity index (χ3v) is 6.95. The quantitative estimate of drug-likeness (QED) is 0.442. The summed E-state index contributed by atoms with van der Waals surface area (Å²) in [5.74, 6) is 0.348. The molecule has 0 aromatic heterocycles. The van der Waals surface area contributed by atoms with E-state index in [0.717, 1.165) is 10.6 Å². The van der Waals surface area contributed by atoms with Crippen LogP contribution >= 0.6 is 11.8 Å². The summed E-state index contributed by atoms with van der Waals surface area (Å²) in [4.78, 5) is 43.2. The predicted octanol–water partition coefficient (Wildman–Crippen LogP) is 3.68. The minimum absolute atomic E-state index is 0.318. The van der Waals surface area contributed by atoms with E-state index in [2.05, 4.69) is 10.2 Å². The zero-order valence-electron chi connectivity index (χ0n) is 21.5. The highest BCUT2D eigenvalue weighted by Gasteiger charge is 2.42. The average Bonchev–Trinajstić information content (AvgIpc) is 3.16. The maximum atomic E-state index is 13.7. The van der Waals surface area contributed by atoms with Gasteiger partial charge in [0.25, 0.3) is 11.8 Å². The van der Waals surface area contributed by atoms with Crippen LogP contribution in [-0.2, 0) is 9.53 Å². The molecule has 1 atom stereocenters.